The van der Waals surface area contributed by atoms with Gasteiger partial charge in [0, 0.05) is 17.8 Å². The molecule has 0 aliphatic carbocycles. The number of aromatic nitrogens is 2. The lowest BCUT2D eigenvalue weighted by Gasteiger charge is -2.06. The average molecular weight is 269 g/mol. The number of sulfone groups is 1. The molecule has 0 saturated heterocycles. The predicted molar refractivity (Wildman–Crippen MR) is 70.3 cm³/mol. The zero-order chi connectivity index (χ0) is 13.3. The Kier molecular flexibility index (Phi) is 2.76. The molecule has 0 amide bonds. The van der Waals surface area contributed by atoms with Crippen molar-refractivity contribution in [2.45, 2.75) is 9.92 Å². The van der Waals surface area contributed by atoms with Crippen LogP contribution in [0.3, 0.4) is 0 Å². The van der Waals surface area contributed by atoms with Crippen LogP contribution in [0.2, 0.25) is 0 Å². The SMILES string of the molecule is O=S(=O)(c1[c]nccn1)c1cccc2ccccc12. The third kappa shape index (κ3) is 1.98. The maximum Gasteiger partial charge on any atom is 0.226 e. The topological polar surface area (TPSA) is 59.9 Å². The van der Waals surface area contributed by atoms with E-state index in [9.17, 15) is 8.42 Å². The Morgan fingerprint density at radius 2 is 1.74 bits per heavy atom. The van der Waals surface area contributed by atoms with E-state index in [1.165, 1.54) is 12.4 Å². The van der Waals surface area contributed by atoms with Crippen LogP contribution in [0.4, 0.5) is 0 Å². The van der Waals surface area contributed by atoms with Crippen LogP contribution >= 0.6 is 0 Å². The summed E-state index contributed by atoms with van der Waals surface area (Å²) < 4.78 is 25.0. The van der Waals surface area contributed by atoms with Crippen LogP contribution in [0.1, 0.15) is 0 Å². The summed E-state index contributed by atoms with van der Waals surface area (Å²) in [7, 11) is -3.69. The monoisotopic (exact) mass is 269 g/mol. The summed E-state index contributed by atoms with van der Waals surface area (Å²) in [6, 6.07) is 12.5. The second-order valence-electron chi connectivity index (χ2n) is 3.95. The van der Waals surface area contributed by atoms with Gasteiger partial charge >= 0.3 is 0 Å². The van der Waals surface area contributed by atoms with Crippen molar-refractivity contribution in [1.82, 2.24) is 9.97 Å². The zero-order valence-electron chi connectivity index (χ0n) is 9.82. The highest BCUT2D eigenvalue weighted by Gasteiger charge is 2.21. The van der Waals surface area contributed by atoms with Gasteiger partial charge in [0.05, 0.1) is 4.90 Å². The van der Waals surface area contributed by atoms with E-state index < -0.39 is 9.84 Å². The Morgan fingerprint density at radius 3 is 2.53 bits per heavy atom. The van der Waals surface area contributed by atoms with E-state index in [1.54, 1.807) is 18.2 Å². The number of hydrogen-bond acceptors (Lipinski definition) is 4. The lowest BCUT2D eigenvalue weighted by atomic mass is 10.1. The van der Waals surface area contributed by atoms with Gasteiger partial charge < -0.3 is 0 Å². The van der Waals surface area contributed by atoms with Gasteiger partial charge in [0.25, 0.3) is 0 Å². The molecule has 19 heavy (non-hydrogen) atoms. The Morgan fingerprint density at radius 1 is 0.947 bits per heavy atom. The molecule has 0 bridgehead atoms. The van der Waals surface area contributed by atoms with E-state index in [0.717, 1.165) is 5.39 Å². The van der Waals surface area contributed by atoms with Gasteiger partial charge in [-0.15, -0.1) is 0 Å². The molecule has 0 atom stereocenters. The van der Waals surface area contributed by atoms with Crippen molar-refractivity contribution in [2.24, 2.45) is 0 Å². The molecule has 1 heterocycles. The van der Waals surface area contributed by atoms with Gasteiger partial charge in [-0.2, -0.15) is 0 Å². The lowest BCUT2D eigenvalue weighted by molar-refractivity contribution is 0.592. The zero-order valence-corrected chi connectivity index (χ0v) is 10.6. The molecule has 0 fully saturated rings. The highest BCUT2D eigenvalue weighted by molar-refractivity contribution is 7.91. The molecule has 0 saturated carbocycles. The number of hydrogen-bond donors (Lipinski definition) is 0. The highest BCUT2D eigenvalue weighted by atomic mass is 32.2. The number of nitrogens with zero attached hydrogens (tertiary/aromatic N) is 2. The molecule has 3 rings (SSSR count). The van der Waals surface area contributed by atoms with Crippen molar-refractivity contribution in [3.8, 4) is 0 Å². The fourth-order valence-corrected chi connectivity index (χ4v) is 3.23. The van der Waals surface area contributed by atoms with Crippen LogP contribution in [0.5, 0.6) is 0 Å². The van der Waals surface area contributed by atoms with Crippen molar-refractivity contribution in [3.63, 3.8) is 0 Å². The Bertz CT molecular complexity index is 825. The molecule has 0 aliphatic rings. The minimum Gasteiger partial charge on any atom is -0.250 e. The number of rotatable bonds is 2. The summed E-state index contributed by atoms with van der Waals surface area (Å²) in [6.45, 7) is 0. The second kappa shape index (κ2) is 4.44. The van der Waals surface area contributed by atoms with Crippen molar-refractivity contribution in [3.05, 3.63) is 61.1 Å². The van der Waals surface area contributed by atoms with Crippen LogP contribution in [0.15, 0.2) is 64.8 Å². The summed E-state index contributed by atoms with van der Waals surface area (Å²) in [6.07, 6.45) is 5.16. The fourth-order valence-electron chi connectivity index (χ4n) is 1.92. The first kappa shape index (κ1) is 11.8. The maximum absolute atomic E-state index is 12.5. The summed E-state index contributed by atoms with van der Waals surface area (Å²) >= 11 is 0. The minimum atomic E-state index is -3.69. The standard InChI is InChI=1S/C14H9N2O2S/c17-19(18,14-10-15-8-9-16-14)13-7-3-5-11-4-1-2-6-12(11)13/h1-9H. The first-order chi connectivity index (χ1) is 9.19. The number of fused-ring (bicyclic) bond motifs is 1. The first-order valence-corrected chi connectivity index (χ1v) is 7.09. The molecule has 0 spiro atoms. The third-order valence-electron chi connectivity index (χ3n) is 2.79. The molecule has 2 aromatic carbocycles. The van der Waals surface area contributed by atoms with E-state index in [0.29, 0.717) is 5.39 Å². The predicted octanol–water partition coefficient (Wildman–Crippen LogP) is 2.26. The minimum absolute atomic E-state index is 0.161. The summed E-state index contributed by atoms with van der Waals surface area (Å²) in [5.41, 5.74) is 0. The van der Waals surface area contributed by atoms with Gasteiger partial charge in [-0.05, 0) is 11.5 Å². The molecule has 0 N–H and O–H groups in total. The molecule has 1 aromatic heterocycles. The van der Waals surface area contributed by atoms with Crippen molar-refractivity contribution in [2.75, 3.05) is 0 Å². The summed E-state index contributed by atoms with van der Waals surface area (Å²) in [5.74, 6) is 0. The normalized spacial score (nSPS) is 11.6. The molecule has 1 radical (unpaired) electrons. The van der Waals surface area contributed by atoms with Crippen LogP contribution < -0.4 is 0 Å². The number of benzene rings is 2. The van der Waals surface area contributed by atoms with Crippen LogP contribution in [0, 0.1) is 6.20 Å². The second-order valence-corrected chi connectivity index (χ2v) is 5.79. The van der Waals surface area contributed by atoms with E-state index >= 15 is 0 Å². The van der Waals surface area contributed by atoms with E-state index in [2.05, 4.69) is 16.2 Å². The fraction of sp³-hybridized carbons (Fsp3) is 0. The van der Waals surface area contributed by atoms with Gasteiger partial charge in [-0.25, -0.2) is 18.4 Å². The molecule has 4 nitrogen and oxygen atoms in total. The largest absolute Gasteiger partial charge is 0.250 e. The highest BCUT2D eigenvalue weighted by Crippen LogP contribution is 2.26. The molecule has 93 valence electrons. The van der Waals surface area contributed by atoms with Crippen LogP contribution in [-0.4, -0.2) is 18.4 Å². The third-order valence-corrected chi connectivity index (χ3v) is 4.43. The van der Waals surface area contributed by atoms with Gasteiger partial charge in [0.1, 0.15) is 6.20 Å². The Balaban J connectivity index is 2.31. The molecule has 0 aliphatic heterocycles. The van der Waals surface area contributed by atoms with Crippen molar-refractivity contribution >= 4 is 20.6 Å². The maximum atomic E-state index is 12.5. The van der Waals surface area contributed by atoms with E-state index in [-0.39, 0.29) is 9.92 Å². The first-order valence-electron chi connectivity index (χ1n) is 5.61. The molecule has 3 aromatic rings. The van der Waals surface area contributed by atoms with E-state index in [4.69, 9.17) is 0 Å². The van der Waals surface area contributed by atoms with Crippen molar-refractivity contribution < 1.29 is 8.42 Å². The quantitative estimate of drug-likeness (QED) is 0.716. The molecular formula is C14H9N2O2S. The Hall–Kier alpha value is -2.27. The average Bonchev–Trinajstić information content (AvgIpc) is 2.47. The van der Waals surface area contributed by atoms with Gasteiger partial charge in [-0.1, -0.05) is 36.4 Å². The van der Waals surface area contributed by atoms with Crippen molar-refractivity contribution in [1.29, 1.82) is 0 Å². The van der Waals surface area contributed by atoms with Gasteiger partial charge in [-0.3, -0.25) is 0 Å². The van der Waals surface area contributed by atoms with Gasteiger partial charge in [0.2, 0.25) is 9.84 Å². The summed E-state index contributed by atoms with van der Waals surface area (Å²) in [4.78, 5) is 7.74. The molecule has 0 unspecified atom stereocenters. The Labute approximate surface area is 110 Å². The van der Waals surface area contributed by atoms with Crippen LogP contribution in [-0.2, 0) is 9.84 Å². The van der Waals surface area contributed by atoms with Gasteiger partial charge in [0.15, 0.2) is 5.03 Å². The summed E-state index contributed by atoms with van der Waals surface area (Å²) in [5, 5.41) is 1.38. The smallest absolute Gasteiger partial charge is 0.226 e. The molecule has 5 heteroatoms. The lowest BCUT2D eigenvalue weighted by Crippen LogP contribution is -2.05. The van der Waals surface area contributed by atoms with Crippen LogP contribution in [0.25, 0.3) is 10.8 Å². The van der Waals surface area contributed by atoms with E-state index in [1.807, 2.05) is 24.3 Å². The molecular weight excluding hydrogens is 260 g/mol.